The van der Waals surface area contributed by atoms with Gasteiger partial charge in [0.15, 0.2) is 5.69 Å². The SMILES string of the molecule is CC(C)n1nc(C(=O)Cl)c2ccccc21. The largest absolute Gasteiger partial charge is 0.274 e. The van der Waals surface area contributed by atoms with Gasteiger partial charge in [-0.1, -0.05) is 18.2 Å². The Morgan fingerprint density at radius 3 is 2.67 bits per heavy atom. The zero-order valence-corrected chi connectivity index (χ0v) is 9.32. The minimum Gasteiger partial charge on any atom is -0.274 e. The summed E-state index contributed by atoms with van der Waals surface area (Å²) in [5.41, 5.74) is 1.28. The number of hydrogen-bond acceptors (Lipinski definition) is 2. The minimum atomic E-state index is -0.509. The molecule has 0 N–H and O–H groups in total. The van der Waals surface area contributed by atoms with Crippen LogP contribution in [0, 0.1) is 0 Å². The smallest absolute Gasteiger partial charge is 0.273 e. The lowest BCUT2D eigenvalue weighted by molar-refractivity contribution is 0.107. The van der Waals surface area contributed by atoms with E-state index in [-0.39, 0.29) is 6.04 Å². The molecule has 3 nitrogen and oxygen atoms in total. The topological polar surface area (TPSA) is 34.9 Å². The summed E-state index contributed by atoms with van der Waals surface area (Å²) in [7, 11) is 0. The molecule has 0 aliphatic heterocycles. The first-order chi connectivity index (χ1) is 7.11. The van der Waals surface area contributed by atoms with Gasteiger partial charge in [-0.2, -0.15) is 5.10 Å². The van der Waals surface area contributed by atoms with Crippen LogP contribution in [0.15, 0.2) is 24.3 Å². The number of rotatable bonds is 2. The predicted molar refractivity (Wildman–Crippen MR) is 60.3 cm³/mol. The van der Waals surface area contributed by atoms with Gasteiger partial charge in [0.2, 0.25) is 0 Å². The van der Waals surface area contributed by atoms with E-state index in [9.17, 15) is 4.79 Å². The second-order valence-corrected chi connectivity index (χ2v) is 4.02. The number of fused-ring (bicyclic) bond motifs is 1. The molecule has 1 heterocycles. The van der Waals surface area contributed by atoms with Crippen molar-refractivity contribution in [2.45, 2.75) is 19.9 Å². The van der Waals surface area contributed by atoms with Crippen LogP contribution in [0.3, 0.4) is 0 Å². The highest BCUT2D eigenvalue weighted by Crippen LogP contribution is 2.22. The maximum atomic E-state index is 11.2. The summed E-state index contributed by atoms with van der Waals surface area (Å²) in [5, 5.41) is 4.53. The second kappa shape index (κ2) is 3.66. The summed E-state index contributed by atoms with van der Waals surface area (Å²) in [6.07, 6.45) is 0. The molecule has 1 aromatic heterocycles. The maximum absolute atomic E-state index is 11.2. The van der Waals surface area contributed by atoms with Crippen molar-refractivity contribution >= 4 is 27.7 Å². The van der Waals surface area contributed by atoms with Crippen LogP contribution >= 0.6 is 11.6 Å². The Morgan fingerprint density at radius 1 is 1.40 bits per heavy atom. The molecule has 0 fully saturated rings. The highest BCUT2D eigenvalue weighted by Gasteiger charge is 2.15. The first kappa shape index (κ1) is 10.2. The fourth-order valence-electron chi connectivity index (χ4n) is 1.63. The minimum absolute atomic E-state index is 0.208. The molecule has 0 unspecified atom stereocenters. The molecule has 15 heavy (non-hydrogen) atoms. The van der Waals surface area contributed by atoms with E-state index in [1.807, 2.05) is 42.8 Å². The fourth-order valence-corrected chi connectivity index (χ4v) is 1.77. The van der Waals surface area contributed by atoms with Crippen molar-refractivity contribution in [1.29, 1.82) is 0 Å². The number of benzene rings is 1. The molecular formula is C11H11ClN2O. The molecule has 0 atom stereocenters. The van der Waals surface area contributed by atoms with Gasteiger partial charge in [-0.3, -0.25) is 9.48 Å². The Labute approximate surface area is 92.6 Å². The van der Waals surface area contributed by atoms with Crippen molar-refractivity contribution < 1.29 is 4.79 Å². The third kappa shape index (κ3) is 1.63. The maximum Gasteiger partial charge on any atom is 0.273 e. The Kier molecular flexibility index (Phi) is 2.49. The predicted octanol–water partition coefficient (Wildman–Crippen LogP) is 3.00. The summed E-state index contributed by atoms with van der Waals surface area (Å²) in [6.45, 7) is 4.03. The van der Waals surface area contributed by atoms with Gasteiger partial charge >= 0.3 is 0 Å². The Hall–Kier alpha value is -1.35. The van der Waals surface area contributed by atoms with E-state index >= 15 is 0 Å². The third-order valence-corrected chi connectivity index (χ3v) is 2.47. The zero-order chi connectivity index (χ0) is 11.0. The second-order valence-electron chi connectivity index (χ2n) is 3.68. The molecule has 2 rings (SSSR count). The van der Waals surface area contributed by atoms with E-state index in [2.05, 4.69) is 5.10 Å². The number of nitrogens with zero attached hydrogens (tertiary/aromatic N) is 2. The van der Waals surface area contributed by atoms with Crippen LogP contribution in [-0.2, 0) is 0 Å². The monoisotopic (exact) mass is 222 g/mol. The molecule has 0 saturated heterocycles. The van der Waals surface area contributed by atoms with E-state index in [4.69, 9.17) is 11.6 Å². The van der Waals surface area contributed by atoms with Crippen LogP contribution in [0.5, 0.6) is 0 Å². The van der Waals surface area contributed by atoms with Crippen LogP contribution < -0.4 is 0 Å². The number of para-hydroxylation sites is 1. The molecule has 78 valence electrons. The van der Waals surface area contributed by atoms with Gasteiger partial charge in [0, 0.05) is 11.4 Å². The average molecular weight is 223 g/mol. The number of aromatic nitrogens is 2. The van der Waals surface area contributed by atoms with Gasteiger partial charge in [-0.25, -0.2) is 0 Å². The summed E-state index contributed by atoms with van der Waals surface area (Å²) in [6, 6.07) is 7.80. The van der Waals surface area contributed by atoms with Crippen LogP contribution in [0.25, 0.3) is 10.9 Å². The molecule has 1 aromatic carbocycles. The van der Waals surface area contributed by atoms with Crippen molar-refractivity contribution in [3.05, 3.63) is 30.0 Å². The van der Waals surface area contributed by atoms with Gasteiger partial charge < -0.3 is 0 Å². The van der Waals surface area contributed by atoms with E-state index in [0.717, 1.165) is 10.9 Å². The molecule has 0 saturated carbocycles. The third-order valence-electron chi connectivity index (χ3n) is 2.29. The average Bonchev–Trinajstić information content (AvgIpc) is 2.56. The highest BCUT2D eigenvalue weighted by molar-refractivity contribution is 6.68. The molecular weight excluding hydrogens is 212 g/mol. The van der Waals surface area contributed by atoms with Gasteiger partial charge in [-0.15, -0.1) is 0 Å². The van der Waals surface area contributed by atoms with Gasteiger partial charge in [-0.05, 0) is 31.5 Å². The number of hydrogen-bond donors (Lipinski definition) is 0. The number of carbonyl (C=O) groups is 1. The standard InChI is InChI=1S/C11H11ClN2O/c1-7(2)14-9-6-4-3-5-8(9)10(13-14)11(12)15/h3-7H,1-2H3. The quantitative estimate of drug-likeness (QED) is 0.733. The first-order valence-corrected chi connectivity index (χ1v) is 5.16. The van der Waals surface area contributed by atoms with Gasteiger partial charge in [0.1, 0.15) is 0 Å². The van der Waals surface area contributed by atoms with Crippen LogP contribution in [0.2, 0.25) is 0 Å². The molecule has 4 heteroatoms. The summed E-state index contributed by atoms with van der Waals surface area (Å²) in [5.74, 6) is 0. The van der Waals surface area contributed by atoms with E-state index in [1.54, 1.807) is 0 Å². The van der Waals surface area contributed by atoms with Crippen molar-refractivity contribution in [3.63, 3.8) is 0 Å². The van der Waals surface area contributed by atoms with Crippen LogP contribution in [0.1, 0.15) is 30.4 Å². The first-order valence-electron chi connectivity index (χ1n) is 4.78. The molecule has 0 spiro atoms. The molecule has 0 bridgehead atoms. The number of halogens is 1. The van der Waals surface area contributed by atoms with Crippen LogP contribution in [-0.4, -0.2) is 15.0 Å². The van der Waals surface area contributed by atoms with E-state index in [0.29, 0.717) is 5.69 Å². The highest BCUT2D eigenvalue weighted by atomic mass is 35.5. The molecule has 0 aliphatic rings. The Bertz CT molecular complexity index is 516. The number of carbonyl (C=O) groups excluding carboxylic acids is 1. The molecule has 2 aromatic rings. The van der Waals surface area contributed by atoms with Crippen LogP contribution in [0.4, 0.5) is 0 Å². The molecule has 0 amide bonds. The fraction of sp³-hybridized carbons (Fsp3) is 0.273. The van der Waals surface area contributed by atoms with Crippen molar-refractivity contribution in [3.8, 4) is 0 Å². The van der Waals surface area contributed by atoms with Gasteiger partial charge in [0.05, 0.1) is 5.52 Å². The van der Waals surface area contributed by atoms with E-state index < -0.39 is 5.24 Å². The van der Waals surface area contributed by atoms with Crippen molar-refractivity contribution in [2.24, 2.45) is 0 Å². The summed E-state index contributed by atoms with van der Waals surface area (Å²) < 4.78 is 1.81. The normalized spacial score (nSPS) is 11.2. The molecule has 0 radical (unpaired) electrons. The van der Waals surface area contributed by atoms with Gasteiger partial charge in [0.25, 0.3) is 5.24 Å². The Balaban J connectivity index is 2.79. The van der Waals surface area contributed by atoms with Crippen molar-refractivity contribution in [1.82, 2.24) is 9.78 Å². The lowest BCUT2D eigenvalue weighted by Crippen LogP contribution is -2.03. The zero-order valence-electron chi connectivity index (χ0n) is 8.57. The lowest BCUT2D eigenvalue weighted by Gasteiger charge is -2.05. The van der Waals surface area contributed by atoms with E-state index in [1.165, 1.54) is 0 Å². The Morgan fingerprint density at radius 2 is 2.07 bits per heavy atom. The molecule has 0 aliphatic carbocycles. The summed E-state index contributed by atoms with van der Waals surface area (Å²) >= 11 is 5.49. The van der Waals surface area contributed by atoms with Crippen molar-refractivity contribution in [2.75, 3.05) is 0 Å². The lowest BCUT2D eigenvalue weighted by atomic mass is 10.2. The summed E-state index contributed by atoms with van der Waals surface area (Å²) in [4.78, 5) is 11.2.